The van der Waals surface area contributed by atoms with Gasteiger partial charge in [-0.1, -0.05) is 133 Å². The number of para-hydroxylation sites is 2. The minimum absolute atomic E-state index is 1.13. The number of rotatable bonds is 6. The molecule has 0 spiro atoms. The van der Waals surface area contributed by atoms with E-state index in [0.717, 1.165) is 34.1 Å². The Morgan fingerprint density at radius 2 is 0.583 bits per heavy atom. The van der Waals surface area contributed by atoms with Crippen LogP contribution >= 0.6 is 22.7 Å². The Balaban J connectivity index is 1.09. The van der Waals surface area contributed by atoms with Gasteiger partial charge in [0.25, 0.3) is 0 Å². The van der Waals surface area contributed by atoms with Gasteiger partial charge in [0.15, 0.2) is 0 Å². The van der Waals surface area contributed by atoms with Crippen molar-refractivity contribution >= 4 is 140 Å². The summed E-state index contributed by atoms with van der Waals surface area (Å²) < 4.78 is 5.21. The molecule has 0 aliphatic rings. The minimum Gasteiger partial charge on any atom is -0.310 e. The summed E-state index contributed by atoms with van der Waals surface area (Å²) in [5.74, 6) is 0. The highest BCUT2D eigenvalue weighted by molar-refractivity contribution is 7.26. The van der Waals surface area contributed by atoms with Gasteiger partial charge in [0.2, 0.25) is 0 Å². The summed E-state index contributed by atoms with van der Waals surface area (Å²) in [5.41, 5.74) is 6.87. The average Bonchev–Trinajstić information content (AvgIpc) is 3.87. The topological polar surface area (TPSA) is 6.48 Å². The van der Waals surface area contributed by atoms with Gasteiger partial charge in [0.05, 0.1) is 11.4 Å². The van der Waals surface area contributed by atoms with Crippen LogP contribution in [0.3, 0.4) is 0 Å². The Labute approximate surface area is 354 Å². The van der Waals surface area contributed by atoms with Crippen LogP contribution in [-0.4, -0.2) is 0 Å². The van der Waals surface area contributed by atoms with Crippen LogP contribution in [0.4, 0.5) is 34.1 Å². The van der Waals surface area contributed by atoms with Crippen LogP contribution in [0.15, 0.2) is 206 Å². The summed E-state index contributed by atoms with van der Waals surface area (Å²) in [7, 11) is 0. The van der Waals surface area contributed by atoms with E-state index >= 15 is 0 Å². The second-order valence-electron chi connectivity index (χ2n) is 15.6. The lowest BCUT2D eigenvalue weighted by atomic mass is 9.87. The molecule has 280 valence electrons. The Morgan fingerprint density at radius 3 is 1.03 bits per heavy atom. The highest BCUT2D eigenvalue weighted by Crippen LogP contribution is 2.51. The van der Waals surface area contributed by atoms with Crippen molar-refractivity contribution in [1.82, 2.24) is 0 Å². The maximum absolute atomic E-state index is 2.45. The molecule has 0 N–H and O–H groups in total. The van der Waals surface area contributed by atoms with E-state index < -0.39 is 0 Å². The number of hydrogen-bond donors (Lipinski definition) is 0. The molecule has 0 unspecified atom stereocenters. The molecular weight excluding hydrogens is 765 g/mol. The normalized spacial score (nSPS) is 12.0. The van der Waals surface area contributed by atoms with Crippen molar-refractivity contribution in [2.75, 3.05) is 9.80 Å². The lowest BCUT2D eigenvalue weighted by Crippen LogP contribution is -2.11. The number of nitrogens with zero attached hydrogens (tertiary/aromatic N) is 2. The molecule has 2 heterocycles. The van der Waals surface area contributed by atoms with Gasteiger partial charge in [-0.15, -0.1) is 22.7 Å². The summed E-state index contributed by atoms with van der Waals surface area (Å²) in [6.07, 6.45) is 0. The van der Waals surface area contributed by atoms with E-state index in [1.54, 1.807) is 0 Å². The van der Waals surface area contributed by atoms with Crippen LogP contribution in [0.2, 0.25) is 0 Å². The van der Waals surface area contributed by atoms with Gasteiger partial charge in [-0.25, -0.2) is 0 Å². The molecule has 11 aromatic carbocycles. The number of anilines is 6. The molecular formula is C56H34N2S2. The fourth-order valence-electron chi connectivity index (χ4n) is 9.77. The predicted octanol–water partition coefficient (Wildman–Crippen LogP) is 17.4. The fourth-order valence-corrected chi connectivity index (χ4v) is 12.0. The lowest BCUT2D eigenvalue weighted by Gasteiger charge is -2.30. The fraction of sp³-hybridized carbons (Fsp3) is 0. The zero-order valence-electron chi connectivity index (χ0n) is 32.3. The van der Waals surface area contributed by atoms with Crippen LogP contribution in [0.25, 0.3) is 83.4 Å². The van der Waals surface area contributed by atoms with Crippen molar-refractivity contribution in [3.05, 3.63) is 206 Å². The molecule has 0 saturated carbocycles. The van der Waals surface area contributed by atoms with E-state index in [4.69, 9.17) is 0 Å². The third-order valence-electron chi connectivity index (χ3n) is 12.4. The molecule has 0 bridgehead atoms. The molecule has 0 radical (unpaired) electrons. The van der Waals surface area contributed by atoms with Gasteiger partial charge in [0.1, 0.15) is 0 Å². The molecule has 0 atom stereocenters. The van der Waals surface area contributed by atoms with Crippen LogP contribution in [0.1, 0.15) is 0 Å². The lowest BCUT2D eigenvalue weighted by molar-refractivity contribution is 1.30. The highest BCUT2D eigenvalue weighted by atomic mass is 32.1. The standard InChI is InChI=1S/C56H34N2S2/c1-3-13-35(14-4-1)57(37-23-25-43-41-19-9-11-21-51(41)59-53(43)33-37)49-31-29-45-39-17-7-8-18-40(39)46-30-32-50(48-28-27-47(49)55(45)56(46)48)58(36-15-5-2-6-16-36)38-24-26-44-42-20-10-12-22-52(42)60-54(44)34-38/h1-34H. The summed E-state index contributed by atoms with van der Waals surface area (Å²) in [6.45, 7) is 0. The summed E-state index contributed by atoms with van der Waals surface area (Å²) in [4.78, 5) is 4.91. The number of hydrogen-bond acceptors (Lipinski definition) is 4. The molecule has 0 saturated heterocycles. The molecule has 2 nitrogen and oxygen atoms in total. The van der Waals surface area contributed by atoms with Gasteiger partial charge in [-0.05, 0) is 94.3 Å². The minimum atomic E-state index is 1.13. The van der Waals surface area contributed by atoms with E-state index in [2.05, 4.69) is 216 Å². The maximum atomic E-state index is 2.45. The van der Waals surface area contributed by atoms with Crippen molar-refractivity contribution in [3.8, 4) is 0 Å². The van der Waals surface area contributed by atoms with Gasteiger partial charge >= 0.3 is 0 Å². The Hall–Kier alpha value is -7.24. The van der Waals surface area contributed by atoms with Gasteiger partial charge in [0, 0.05) is 84.6 Å². The molecule has 0 amide bonds. The first-order valence-corrected chi connectivity index (χ1v) is 22.1. The first kappa shape index (κ1) is 33.7. The van der Waals surface area contributed by atoms with Crippen LogP contribution < -0.4 is 9.80 Å². The third kappa shape index (κ3) is 4.99. The zero-order chi connectivity index (χ0) is 39.3. The maximum Gasteiger partial charge on any atom is 0.0540 e. The van der Waals surface area contributed by atoms with Crippen molar-refractivity contribution in [3.63, 3.8) is 0 Å². The molecule has 2 aromatic heterocycles. The second kappa shape index (κ2) is 13.1. The molecule has 0 aliphatic carbocycles. The van der Waals surface area contributed by atoms with E-state index in [1.165, 1.54) is 83.4 Å². The predicted molar refractivity (Wildman–Crippen MR) is 263 cm³/mol. The van der Waals surface area contributed by atoms with Gasteiger partial charge in [-0.3, -0.25) is 0 Å². The van der Waals surface area contributed by atoms with Crippen molar-refractivity contribution < 1.29 is 0 Å². The van der Waals surface area contributed by atoms with Crippen molar-refractivity contribution in [2.24, 2.45) is 0 Å². The summed E-state index contributed by atoms with van der Waals surface area (Å²) in [5, 5.41) is 15.4. The number of thiophene rings is 2. The largest absolute Gasteiger partial charge is 0.310 e. The van der Waals surface area contributed by atoms with Gasteiger partial charge < -0.3 is 9.80 Å². The summed E-state index contributed by atoms with van der Waals surface area (Å²) in [6, 6.07) is 76.3. The van der Waals surface area contributed by atoms with E-state index in [1.807, 2.05) is 22.7 Å². The quantitative estimate of drug-likeness (QED) is 0.122. The van der Waals surface area contributed by atoms with Gasteiger partial charge in [-0.2, -0.15) is 0 Å². The first-order chi connectivity index (χ1) is 29.8. The zero-order valence-corrected chi connectivity index (χ0v) is 34.0. The summed E-state index contributed by atoms with van der Waals surface area (Å²) >= 11 is 3.73. The van der Waals surface area contributed by atoms with Crippen LogP contribution in [-0.2, 0) is 0 Å². The number of fused-ring (bicyclic) bond motifs is 9. The van der Waals surface area contributed by atoms with Crippen LogP contribution in [0, 0.1) is 0 Å². The molecule has 60 heavy (non-hydrogen) atoms. The monoisotopic (exact) mass is 798 g/mol. The molecule has 0 fully saturated rings. The molecule has 4 heteroatoms. The Kier molecular flexibility index (Phi) is 7.38. The number of benzene rings is 11. The smallest absolute Gasteiger partial charge is 0.0540 e. The first-order valence-electron chi connectivity index (χ1n) is 20.4. The van der Waals surface area contributed by atoms with Crippen LogP contribution in [0.5, 0.6) is 0 Å². The Morgan fingerprint density at radius 1 is 0.233 bits per heavy atom. The molecule has 13 rings (SSSR count). The van der Waals surface area contributed by atoms with E-state index in [0.29, 0.717) is 0 Å². The van der Waals surface area contributed by atoms with E-state index in [-0.39, 0.29) is 0 Å². The highest BCUT2D eigenvalue weighted by Gasteiger charge is 2.24. The molecule has 13 aromatic rings. The third-order valence-corrected chi connectivity index (χ3v) is 14.6. The van der Waals surface area contributed by atoms with Crippen molar-refractivity contribution in [2.45, 2.75) is 0 Å². The van der Waals surface area contributed by atoms with Crippen molar-refractivity contribution in [1.29, 1.82) is 0 Å². The Bertz CT molecular complexity index is 3540. The second-order valence-corrected chi connectivity index (χ2v) is 17.8. The average molecular weight is 799 g/mol. The SMILES string of the molecule is c1ccc(N(c2ccc3c(c2)sc2ccccc23)c2ccc3c4ccccc4c4ccc(N(c5ccccc5)c5ccc6c(c5)sc5ccccc56)c5ccc2c3c54)cc1. The van der Waals surface area contributed by atoms with E-state index in [9.17, 15) is 0 Å². The molecule has 0 aliphatic heterocycles.